The number of thioether (sulfide) groups is 1. The fourth-order valence-corrected chi connectivity index (χ4v) is 7.31. The van der Waals surface area contributed by atoms with E-state index in [2.05, 4.69) is 72.0 Å². The molecule has 2 aromatic carbocycles. The average Bonchev–Trinajstić information content (AvgIpc) is 3.29. The van der Waals surface area contributed by atoms with E-state index in [1.54, 1.807) is 30.0 Å². The molecule has 0 radical (unpaired) electrons. The van der Waals surface area contributed by atoms with Crippen LogP contribution in [-0.2, 0) is 33.7 Å². The number of aryl methyl sites for hydroxylation is 1. The van der Waals surface area contributed by atoms with Gasteiger partial charge in [-0.05, 0) is 72.1 Å². The molecule has 3 aromatic rings. The summed E-state index contributed by atoms with van der Waals surface area (Å²) in [6.45, 7) is 7.13. The van der Waals surface area contributed by atoms with Crippen molar-refractivity contribution in [2.24, 2.45) is 7.05 Å². The third-order valence-corrected chi connectivity index (χ3v) is 10.6. The van der Waals surface area contributed by atoms with Crippen molar-refractivity contribution in [2.75, 3.05) is 37.3 Å². The molecular formula is C31H39N4O5S3+. The highest BCUT2D eigenvalue weighted by molar-refractivity contribution is 8.03. The van der Waals surface area contributed by atoms with Crippen LogP contribution in [0.5, 0.6) is 0 Å². The Bertz CT molecular complexity index is 1700. The minimum absolute atomic E-state index is 0.0309. The number of anilines is 1. The summed E-state index contributed by atoms with van der Waals surface area (Å²) in [5.41, 5.74) is 5.18. The highest BCUT2D eigenvalue weighted by atomic mass is 32.2. The number of benzene rings is 2. The highest BCUT2D eigenvalue weighted by Crippen LogP contribution is 2.46. The van der Waals surface area contributed by atoms with Crippen LogP contribution in [0.15, 0.2) is 87.9 Å². The van der Waals surface area contributed by atoms with Crippen molar-refractivity contribution < 1.29 is 26.0 Å². The van der Waals surface area contributed by atoms with Gasteiger partial charge in [-0.2, -0.15) is 8.42 Å². The van der Waals surface area contributed by atoms with Crippen LogP contribution >= 0.6 is 11.8 Å². The van der Waals surface area contributed by atoms with Gasteiger partial charge >= 0.3 is 0 Å². The minimum atomic E-state index is -4.15. The van der Waals surface area contributed by atoms with Crippen LogP contribution in [0.1, 0.15) is 37.0 Å². The van der Waals surface area contributed by atoms with Crippen LogP contribution in [0.4, 0.5) is 5.69 Å². The summed E-state index contributed by atoms with van der Waals surface area (Å²) in [7, 11) is -4.12. The van der Waals surface area contributed by atoms with Crippen LogP contribution in [0.2, 0.25) is 0 Å². The predicted octanol–water partition coefficient (Wildman–Crippen LogP) is 4.53. The van der Waals surface area contributed by atoms with Gasteiger partial charge in [-0.1, -0.05) is 49.9 Å². The number of pyridine rings is 1. The van der Waals surface area contributed by atoms with Gasteiger partial charge in [-0.3, -0.25) is 9.45 Å². The minimum Gasteiger partial charge on any atom is -0.338 e. The molecule has 230 valence electrons. The zero-order valence-electron chi connectivity index (χ0n) is 24.9. The molecule has 12 heteroatoms. The van der Waals surface area contributed by atoms with Crippen molar-refractivity contribution >= 4 is 49.2 Å². The summed E-state index contributed by atoms with van der Waals surface area (Å²) < 4.78 is 61.0. The predicted molar refractivity (Wildman–Crippen MR) is 174 cm³/mol. The first-order valence-electron chi connectivity index (χ1n) is 14.1. The Morgan fingerprint density at radius 1 is 1.02 bits per heavy atom. The molecule has 0 unspecified atom stereocenters. The summed E-state index contributed by atoms with van der Waals surface area (Å²) in [6, 6.07) is 17.7. The molecule has 4 rings (SSSR count). The van der Waals surface area contributed by atoms with E-state index < -0.39 is 25.9 Å². The second-order valence-electron chi connectivity index (χ2n) is 10.4. The van der Waals surface area contributed by atoms with Gasteiger partial charge in [0, 0.05) is 37.2 Å². The lowest BCUT2D eigenvalue weighted by molar-refractivity contribution is -0.671. The number of sulfonamides is 1. The Morgan fingerprint density at radius 3 is 2.33 bits per heavy atom. The van der Waals surface area contributed by atoms with Crippen LogP contribution < -0.4 is 14.2 Å². The molecule has 0 bridgehead atoms. The number of nitrogens with one attached hydrogen (secondary N) is 1. The fraction of sp³-hybridized carbons (Fsp3) is 0.323. The Morgan fingerprint density at radius 2 is 1.70 bits per heavy atom. The lowest BCUT2D eigenvalue weighted by atomic mass is 10.0. The zero-order chi connectivity index (χ0) is 31.2. The van der Waals surface area contributed by atoms with E-state index in [4.69, 9.17) is 4.55 Å². The van der Waals surface area contributed by atoms with E-state index in [1.165, 1.54) is 5.56 Å². The maximum atomic E-state index is 12.9. The number of rotatable bonds is 13. The van der Waals surface area contributed by atoms with Crippen molar-refractivity contribution in [1.82, 2.24) is 9.62 Å². The third-order valence-electron chi connectivity index (χ3n) is 7.21. The van der Waals surface area contributed by atoms with Gasteiger partial charge in [0.1, 0.15) is 7.05 Å². The summed E-state index contributed by atoms with van der Waals surface area (Å²) in [5.74, 6) is -0.511. The molecule has 9 nitrogen and oxygen atoms in total. The number of nitrogens with zero attached hydrogens (tertiary/aromatic N) is 3. The van der Waals surface area contributed by atoms with Gasteiger partial charge in [-0.15, -0.1) is 0 Å². The first kappa shape index (κ1) is 32.9. The van der Waals surface area contributed by atoms with Crippen LogP contribution in [-0.4, -0.2) is 58.7 Å². The maximum Gasteiger partial charge on any atom is 0.264 e. The maximum absolute atomic E-state index is 12.9. The molecule has 1 aromatic heterocycles. The quantitative estimate of drug-likeness (QED) is 0.159. The van der Waals surface area contributed by atoms with E-state index in [1.807, 2.05) is 36.0 Å². The molecular weight excluding hydrogens is 605 g/mol. The first-order chi connectivity index (χ1) is 20.4. The van der Waals surface area contributed by atoms with Crippen LogP contribution in [0.25, 0.3) is 11.6 Å². The molecule has 0 saturated heterocycles. The molecule has 1 aliphatic heterocycles. The molecule has 0 spiro atoms. The second kappa shape index (κ2) is 14.2. The lowest BCUT2D eigenvalue weighted by Crippen LogP contribution is -2.26. The summed E-state index contributed by atoms with van der Waals surface area (Å²) in [6.07, 6.45) is 8.26. The smallest absolute Gasteiger partial charge is 0.264 e. The van der Waals surface area contributed by atoms with Crippen molar-refractivity contribution in [3.05, 3.63) is 94.8 Å². The monoisotopic (exact) mass is 643 g/mol. The van der Waals surface area contributed by atoms with Gasteiger partial charge in [0.15, 0.2) is 12.4 Å². The lowest BCUT2D eigenvalue weighted by Gasteiger charge is -2.18. The molecule has 0 amide bonds. The fourth-order valence-electron chi connectivity index (χ4n) is 4.62. The number of fused-ring (bicyclic) bond motifs is 1. The molecule has 0 saturated carbocycles. The Labute approximate surface area is 259 Å². The van der Waals surface area contributed by atoms with Crippen LogP contribution in [0.3, 0.4) is 0 Å². The highest BCUT2D eigenvalue weighted by Gasteiger charge is 2.25. The van der Waals surface area contributed by atoms with Crippen LogP contribution in [0, 0.1) is 0 Å². The Hall–Kier alpha value is -3.00. The average molecular weight is 644 g/mol. The largest absolute Gasteiger partial charge is 0.338 e. The Balaban J connectivity index is 1.61. The van der Waals surface area contributed by atoms with Gasteiger partial charge in [0.05, 0.1) is 21.4 Å². The van der Waals surface area contributed by atoms with Gasteiger partial charge in [0.25, 0.3) is 10.1 Å². The molecule has 0 atom stereocenters. The first-order valence-corrected chi connectivity index (χ1v) is 18.0. The van der Waals surface area contributed by atoms with Gasteiger partial charge < -0.3 is 4.90 Å². The van der Waals surface area contributed by atoms with E-state index in [-0.39, 0.29) is 17.9 Å². The SMILES string of the molecule is CCN(CC)Cc1ccc(C(=Cc2cc[n+](C)cc2)C=C2Sc3ccc(S(=O)(=O)NCCCS(=O)(=O)O)cc3N2C)cc1. The number of aromatic nitrogens is 1. The summed E-state index contributed by atoms with van der Waals surface area (Å²) in [4.78, 5) is 5.37. The summed E-state index contributed by atoms with van der Waals surface area (Å²) >= 11 is 1.57. The zero-order valence-corrected chi connectivity index (χ0v) is 27.3. The number of allylic oxidation sites excluding steroid dienone is 2. The normalized spacial score (nSPS) is 15.0. The topological polar surface area (TPSA) is 111 Å². The Kier molecular flexibility index (Phi) is 10.9. The number of hydrogen-bond donors (Lipinski definition) is 2. The molecule has 2 N–H and O–H groups in total. The van der Waals surface area contributed by atoms with Crippen molar-refractivity contribution in [3.8, 4) is 0 Å². The van der Waals surface area contributed by atoms with E-state index >= 15 is 0 Å². The molecule has 43 heavy (non-hydrogen) atoms. The third kappa shape index (κ3) is 9.01. The van der Waals surface area contributed by atoms with E-state index in [0.29, 0.717) is 0 Å². The van der Waals surface area contributed by atoms with Gasteiger partial charge in [0.2, 0.25) is 10.0 Å². The van der Waals surface area contributed by atoms with Crippen molar-refractivity contribution in [1.29, 1.82) is 0 Å². The summed E-state index contributed by atoms with van der Waals surface area (Å²) in [5, 5.41) is 0.950. The second-order valence-corrected chi connectivity index (χ2v) is 14.8. The van der Waals surface area contributed by atoms with Gasteiger partial charge in [-0.25, -0.2) is 17.7 Å². The van der Waals surface area contributed by atoms with Crippen molar-refractivity contribution in [3.63, 3.8) is 0 Å². The number of hydrogen-bond acceptors (Lipinski definition) is 7. The standard InChI is InChI=1S/C31H38N4O5S3/c1-5-35(6-2)23-25-8-10-26(11-9-25)27(20-24-14-17-33(3)18-15-24)21-31-34(4)29-22-28(12-13-30(29)41-31)43(39,40)32-16-7-19-42(36,37)38/h8-15,17-18,20-22,32H,5-7,16,19,23H2,1-4H3/p+1. The van der Waals surface area contributed by atoms with Crippen molar-refractivity contribution in [2.45, 2.75) is 36.6 Å². The molecule has 2 heterocycles. The molecule has 1 aliphatic rings. The van der Waals surface area contributed by atoms with E-state index in [9.17, 15) is 16.8 Å². The molecule has 0 fully saturated rings. The van der Waals surface area contributed by atoms with E-state index in [0.717, 1.165) is 51.9 Å². The molecule has 0 aliphatic carbocycles.